The molecule has 0 aromatic heterocycles. The van der Waals surface area contributed by atoms with E-state index in [0.717, 1.165) is 0 Å². The van der Waals surface area contributed by atoms with E-state index < -0.39 is 145 Å². The Kier molecular flexibility index (Phi) is 10.2. The second-order valence-corrected chi connectivity index (χ2v) is 9.90. The van der Waals surface area contributed by atoms with Crippen LogP contribution in [0.1, 0.15) is 0 Å². The summed E-state index contributed by atoms with van der Waals surface area (Å²) in [5.74, 6) is -43.9. The van der Waals surface area contributed by atoms with Crippen molar-refractivity contribution in [2.24, 2.45) is 0 Å². The van der Waals surface area contributed by atoms with E-state index in [1.807, 2.05) is 41.2 Å². The molecule has 4 aromatic rings. The van der Waals surface area contributed by atoms with E-state index in [9.17, 15) is 35.1 Å². The highest BCUT2D eigenvalue weighted by Crippen LogP contribution is 2.40. The van der Waals surface area contributed by atoms with Crippen LogP contribution < -0.4 is 16.4 Å². The fraction of sp³-hybridized carbons (Fsp3) is 0.0333. The first-order valence-electron chi connectivity index (χ1n) is 12.9. The zero-order valence-electron chi connectivity index (χ0n) is 23.3. The summed E-state index contributed by atoms with van der Waals surface area (Å²) in [7, 11) is 0. The van der Waals surface area contributed by atoms with E-state index in [1.54, 1.807) is 0 Å². The molecule has 0 heterocycles. The van der Waals surface area contributed by atoms with Crippen molar-refractivity contribution >= 4 is 28.2 Å². The van der Waals surface area contributed by atoms with Gasteiger partial charge in [-0.3, -0.25) is 0 Å². The van der Waals surface area contributed by atoms with Crippen molar-refractivity contribution < 1.29 is 75.0 Å². The van der Waals surface area contributed by atoms with Gasteiger partial charge in [-0.2, -0.15) is 4.79 Å². The van der Waals surface area contributed by atoms with Crippen LogP contribution in [0.5, 0.6) is 0 Å². The largest absolute Gasteiger partial charge is 0.364 e. The zero-order chi connectivity index (χ0) is 36.7. The Hall–Kier alpha value is -5.32. The van der Waals surface area contributed by atoms with E-state index in [2.05, 4.69) is 0 Å². The topological polar surface area (TPSA) is 36.4 Å². The molecule has 0 aliphatic heterocycles. The van der Waals surface area contributed by atoms with Crippen LogP contribution in [0.3, 0.4) is 0 Å². The Labute approximate surface area is 262 Å². The fourth-order valence-corrected chi connectivity index (χ4v) is 5.36. The van der Waals surface area contributed by atoms with Crippen molar-refractivity contribution in [1.82, 2.24) is 0 Å². The second-order valence-electron chi connectivity index (χ2n) is 9.90. The van der Waals surface area contributed by atoms with Gasteiger partial charge in [-0.1, -0.05) is 36.4 Å². The van der Waals surface area contributed by atoms with Crippen LogP contribution in [-0.4, -0.2) is 22.8 Å². The summed E-state index contributed by atoms with van der Waals surface area (Å²) >= 11 is 0. The van der Waals surface area contributed by atoms with Gasteiger partial charge in [0.25, 0.3) is 6.17 Å². The van der Waals surface area contributed by atoms with Crippen molar-refractivity contribution in [3.63, 3.8) is 0 Å². The van der Waals surface area contributed by atoms with Gasteiger partial charge in [-0.25, -0.2) is 70.2 Å². The van der Waals surface area contributed by atoms with Crippen molar-refractivity contribution in [1.29, 1.82) is 0 Å². The van der Waals surface area contributed by atoms with E-state index >= 15 is 35.1 Å². The third kappa shape index (κ3) is 5.77. The van der Waals surface area contributed by atoms with Crippen LogP contribution in [0, 0.1) is 69.8 Å². The fourth-order valence-electron chi connectivity index (χ4n) is 5.36. The van der Waals surface area contributed by atoms with Crippen LogP contribution in [-0.2, 0) is 0 Å². The number of allylic oxidation sites excluding steroid dienone is 4. The molecule has 0 spiro atoms. The molecule has 1 unspecified atom stereocenters. The SMILES string of the molecule is [N-]=[N+]=C1C(F)=C([B-](c2c(F)cc(F)c(F)c2F)(c2c(F)cc(F)c(F)c2F)c2c(F)cc(F)c(F)c2F)C(F)=C(F)C1F.c1ccccc1. The number of hydrogen-bond acceptors (Lipinski definition) is 0. The van der Waals surface area contributed by atoms with Gasteiger partial charge in [0.05, 0.1) is 17.5 Å². The van der Waals surface area contributed by atoms with Gasteiger partial charge in [0, 0.05) is 18.2 Å². The molecule has 19 heteroatoms. The average Bonchev–Trinajstić information content (AvgIpc) is 3.05. The number of nitrogens with zero attached hydrogens (tertiary/aromatic N) is 2. The van der Waals surface area contributed by atoms with Crippen LogP contribution in [0.4, 0.5) is 70.2 Å². The zero-order valence-corrected chi connectivity index (χ0v) is 23.3. The Bertz CT molecular complexity index is 1930. The minimum atomic E-state index is -6.37. The van der Waals surface area contributed by atoms with Crippen LogP contribution >= 0.6 is 0 Å². The monoisotopic (exact) mass is 713 g/mol. The lowest BCUT2D eigenvalue weighted by molar-refractivity contribution is -0.0155. The summed E-state index contributed by atoms with van der Waals surface area (Å²) < 4.78 is 238. The molecule has 1 atom stereocenters. The van der Waals surface area contributed by atoms with Crippen LogP contribution in [0.25, 0.3) is 5.53 Å². The maximum Gasteiger partial charge on any atom is 0.364 e. The number of benzene rings is 4. The number of alkyl halides is 1. The molecule has 0 fully saturated rings. The number of hydrogen-bond donors (Lipinski definition) is 0. The Balaban J connectivity index is 0.000000812. The molecule has 0 amide bonds. The molecular formula is C30H10BF16N2-. The van der Waals surface area contributed by atoms with Gasteiger partial charge in [-0.05, 0) is 0 Å². The van der Waals surface area contributed by atoms with E-state index in [0.29, 0.717) is 0 Å². The van der Waals surface area contributed by atoms with Gasteiger partial charge < -0.3 is 5.53 Å². The first kappa shape index (κ1) is 36.5. The second kappa shape index (κ2) is 13.7. The maximum atomic E-state index is 15.8. The van der Waals surface area contributed by atoms with Crippen LogP contribution in [0.15, 0.2) is 77.6 Å². The highest BCUT2D eigenvalue weighted by Gasteiger charge is 2.54. The molecule has 0 N–H and O–H groups in total. The summed E-state index contributed by atoms with van der Waals surface area (Å²) in [6.07, 6.45) is -10.2. The van der Waals surface area contributed by atoms with Gasteiger partial charge in [-0.15, -0.1) is 21.9 Å². The summed E-state index contributed by atoms with van der Waals surface area (Å²) in [5, 5.41) is 0. The minimum absolute atomic E-state index is 0.784. The number of rotatable bonds is 4. The molecule has 0 saturated heterocycles. The first-order valence-corrected chi connectivity index (χ1v) is 12.9. The molecule has 256 valence electrons. The Morgan fingerprint density at radius 3 is 1.04 bits per heavy atom. The third-order valence-corrected chi connectivity index (χ3v) is 7.33. The normalized spacial score (nSPS) is 14.9. The molecular weight excluding hydrogens is 703 g/mol. The quantitative estimate of drug-likeness (QED) is 0.0527. The van der Waals surface area contributed by atoms with Crippen LogP contribution in [0.2, 0.25) is 0 Å². The molecule has 1 aliphatic rings. The molecule has 0 bridgehead atoms. The average molecular weight is 713 g/mol. The van der Waals surface area contributed by atoms with Gasteiger partial charge in [0.2, 0.25) is 0 Å². The number of halogens is 16. The van der Waals surface area contributed by atoms with Crippen molar-refractivity contribution in [2.45, 2.75) is 6.17 Å². The van der Waals surface area contributed by atoms with Crippen molar-refractivity contribution in [3.8, 4) is 0 Å². The predicted octanol–water partition coefficient (Wildman–Crippen LogP) is 7.45. The molecule has 2 nitrogen and oxygen atoms in total. The highest BCUT2D eigenvalue weighted by molar-refractivity contribution is 7.17. The summed E-state index contributed by atoms with van der Waals surface area (Å²) in [6, 6.07) is 9.65. The van der Waals surface area contributed by atoms with Gasteiger partial charge in [0.1, 0.15) is 29.4 Å². The summed E-state index contributed by atoms with van der Waals surface area (Å²) in [4.78, 5) is 1.88. The smallest absolute Gasteiger partial charge is 0.361 e. The summed E-state index contributed by atoms with van der Waals surface area (Å²) in [5.41, 5.74) is -4.86. The minimum Gasteiger partial charge on any atom is -0.361 e. The van der Waals surface area contributed by atoms with Crippen molar-refractivity contribution in [3.05, 3.63) is 153 Å². The standard InChI is InChI=1S/C24H4BF16N2.C6H6/c26-4-1-7(29)14(32)17(35)10(4)25(11-5(27)2-8(30)15(33)18(11)36,12-6(28)3-9(31)16(34)19(12)37)13-20(38)22(40)23(41)24(43-42)21(13)39;1-2-4-6-5-3-1/h1-3,23H;1-6H/q-1;. The third-order valence-electron chi connectivity index (χ3n) is 7.33. The lowest BCUT2D eigenvalue weighted by Crippen LogP contribution is -2.74. The molecule has 5 rings (SSSR count). The maximum absolute atomic E-state index is 15.8. The van der Waals surface area contributed by atoms with E-state index in [4.69, 9.17) is 5.53 Å². The van der Waals surface area contributed by atoms with E-state index in [1.165, 1.54) is 0 Å². The highest BCUT2D eigenvalue weighted by atomic mass is 19.2. The molecule has 49 heavy (non-hydrogen) atoms. The molecule has 1 aliphatic carbocycles. The lowest BCUT2D eigenvalue weighted by Gasteiger charge is -2.46. The summed E-state index contributed by atoms with van der Waals surface area (Å²) in [6.45, 7) is 0. The van der Waals surface area contributed by atoms with Crippen molar-refractivity contribution in [2.75, 3.05) is 0 Å². The first-order chi connectivity index (χ1) is 23.0. The van der Waals surface area contributed by atoms with Gasteiger partial charge in [0.15, 0.2) is 46.6 Å². The lowest BCUT2D eigenvalue weighted by atomic mass is 9.11. The van der Waals surface area contributed by atoms with E-state index in [-0.39, 0.29) is 0 Å². The Morgan fingerprint density at radius 2 is 0.755 bits per heavy atom. The molecule has 4 aromatic carbocycles. The van der Waals surface area contributed by atoms with Gasteiger partial charge >= 0.3 is 5.71 Å². The molecule has 0 radical (unpaired) electrons. The predicted molar refractivity (Wildman–Crippen MR) is 141 cm³/mol. The Morgan fingerprint density at radius 1 is 0.449 bits per heavy atom. The molecule has 0 saturated carbocycles.